The van der Waals surface area contributed by atoms with Gasteiger partial charge >= 0.3 is 24.1 Å². The Morgan fingerprint density at radius 3 is 1.38 bits per heavy atom. The lowest BCUT2D eigenvalue weighted by Gasteiger charge is -2.31. The number of hydrogen-bond donors (Lipinski definition) is 2. The van der Waals surface area contributed by atoms with Gasteiger partial charge in [0.25, 0.3) is 0 Å². The van der Waals surface area contributed by atoms with Crippen molar-refractivity contribution in [2.75, 3.05) is 55.8 Å². The van der Waals surface area contributed by atoms with Crippen LogP contribution in [-0.4, -0.2) is 116 Å². The number of aromatic nitrogens is 6. The second-order valence-electron chi connectivity index (χ2n) is 23.5. The standard InChI is InChI=1S/C31H45N7O4.C31H47N5O4.C2H6O.CH4/c1-5-41-28(39)20-24(25-21-33-27(34-22-25)15-10-18-35-37-32)12-8-6-7-9-14-26-17-16-23-13-11-19-38(29(23)36-26)30(40)42-31(2,3)4;1-5-39-28(37)20-24(25-21-33-27(34-22-25)15-10-18-32)12-8-6-7-9-14-26-17-16-23-13-11-19-36(29(23)35-26)30(38)40-31(2,3)4;1-2-3;/h16-17,21-22,24H,5-15,18-20H2,1-4H3;16-17,21-22,24H,5-15,18-20,32H2,1-4H3;3H,2H2,1H3;1H4/t2*24-;;/m00../s1. The molecule has 86 heavy (non-hydrogen) atoms. The zero-order chi connectivity index (χ0) is 62.0. The number of nitrogens with two attached hydrogens (primary N) is 1. The van der Waals surface area contributed by atoms with Crippen molar-refractivity contribution < 1.29 is 43.2 Å². The summed E-state index contributed by atoms with van der Waals surface area (Å²) in [4.78, 5) is 83.8. The third-order valence-corrected chi connectivity index (χ3v) is 14.0. The molecule has 0 spiro atoms. The normalized spacial score (nSPS) is 13.3. The molecule has 4 aromatic rings. The first-order valence-electron chi connectivity index (χ1n) is 31.0. The van der Waals surface area contributed by atoms with Crippen LogP contribution in [0.4, 0.5) is 21.2 Å². The van der Waals surface area contributed by atoms with Gasteiger partial charge in [-0.05, 0) is 198 Å². The van der Waals surface area contributed by atoms with Crippen molar-refractivity contribution in [3.05, 3.63) is 105 Å². The third kappa shape index (κ3) is 27.7. The molecule has 0 bridgehead atoms. The van der Waals surface area contributed by atoms with Crippen LogP contribution in [-0.2, 0) is 67.1 Å². The lowest BCUT2D eigenvalue weighted by atomic mass is 9.92. The van der Waals surface area contributed by atoms with Crippen LogP contribution in [0, 0.1) is 0 Å². The molecule has 0 saturated heterocycles. The summed E-state index contributed by atoms with van der Waals surface area (Å²) in [6, 6.07) is 8.37. The van der Waals surface area contributed by atoms with Crippen LogP contribution in [0.3, 0.4) is 0 Å². The van der Waals surface area contributed by atoms with E-state index in [0.29, 0.717) is 70.9 Å². The van der Waals surface area contributed by atoms with E-state index in [1.54, 1.807) is 16.7 Å². The molecule has 0 aromatic carbocycles. The Hall–Kier alpha value is -6.83. The van der Waals surface area contributed by atoms with E-state index in [9.17, 15) is 19.2 Å². The molecule has 4 aromatic heterocycles. The smallest absolute Gasteiger partial charge is 0.416 e. The molecule has 2 amide bonds. The monoisotopic (exact) mass is 1190 g/mol. The number of aryl methyl sites for hydroxylation is 6. The highest BCUT2D eigenvalue weighted by Gasteiger charge is 2.30. The van der Waals surface area contributed by atoms with Crippen LogP contribution >= 0.6 is 0 Å². The van der Waals surface area contributed by atoms with Crippen molar-refractivity contribution in [1.29, 1.82) is 0 Å². The number of amides is 2. The van der Waals surface area contributed by atoms with Gasteiger partial charge in [0.1, 0.15) is 34.5 Å². The number of aliphatic hydroxyl groups excluding tert-OH is 1. The average molecular weight is 1200 g/mol. The SMILES string of the molecule is C.CCO.CCOC(=O)C[C@H](CCCCCCc1ccc2c(n1)N(C(=O)OC(C)(C)C)CCC2)c1cnc(CCCN)nc1.CCOC(=O)C[C@H](CCCCCCc1ccc2c(n1)N(C(=O)OC(C)(C)C)CCC2)c1cnc(CCCN=[N+]=[N-])nc1. The fourth-order valence-corrected chi connectivity index (χ4v) is 9.96. The Morgan fingerprint density at radius 2 is 1.01 bits per heavy atom. The number of fused-ring (bicyclic) bond motifs is 2. The highest BCUT2D eigenvalue weighted by molar-refractivity contribution is 5.89. The second kappa shape index (κ2) is 39.8. The molecular formula is C65H102N12O9. The molecule has 6 rings (SSSR count). The number of unbranched alkanes of at least 4 members (excludes halogenated alkanes) is 6. The van der Waals surface area contributed by atoms with Crippen LogP contribution < -0.4 is 15.5 Å². The van der Waals surface area contributed by atoms with Crippen molar-refractivity contribution in [3.8, 4) is 0 Å². The summed E-state index contributed by atoms with van der Waals surface area (Å²) in [5.74, 6) is 2.63. The number of hydrogen-bond acceptors (Lipinski definition) is 17. The van der Waals surface area contributed by atoms with Gasteiger partial charge in [0.15, 0.2) is 0 Å². The van der Waals surface area contributed by atoms with Gasteiger partial charge in [-0.1, -0.05) is 63.2 Å². The first-order valence-corrected chi connectivity index (χ1v) is 31.0. The van der Waals surface area contributed by atoms with E-state index in [0.717, 1.165) is 167 Å². The molecule has 0 radical (unpaired) electrons. The van der Waals surface area contributed by atoms with Crippen LogP contribution in [0.5, 0.6) is 0 Å². The number of esters is 2. The molecule has 2 atom stereocenters. The minimum atomic E-state index is -0.549. The summed E-state index contributed by atoms with van der Waals surface area (Å²) >= 11 is 0. The lowest BCUT2D eigenvalue weighted by molar-refractivity contribution is -0.144. The molecule has 3 N–H and O–H groups in total. The second-order valence-corrected chi connectivity index (χ2v) is 23.5. The Kier molecular flexibility index (Phi) is 34.0. The number of anilines is 2. The number of carbonyl (C=O) groups is 4. The van der Waals surface area contributed by atoms with Crippen molar-refractivity contribution in [2.45, 2.75) is 234 Å². The summed E-state index contributed by atoms with van der Waals surface area (Å²) < 4.78 is 21.7. The molecule has 2 aliphatic heterocycles. The topological polar surface area (TPSA) is 284 Å². The van der Waals surface area contributed by atoms with E-state index in [4.69, 9.17) is 45.3 Å². The molecule has 6 heterocycles. The number of aliphatic hydroxyl groups is 1. The molecule has 0 fully saturated rings. The van der Waals surface area contributed by atoms with E-state index in [1.807, 2.05) is 80.2 Å². The summed E-state index contributed by atoms with van der Waals surface area (Å²) in [6.07, 6.45) is 25.5. The number of ether oxygens (including phenoxy) is 4. The summed E-state index contributed by atoms with van der Waals surface area (Å²) in [5, 5.41) is 11.1. The Bertz CT molecular complexity index is 2670. The van der Waals surface area contributed by atoms with E-state index < -0.39 is 11.2 Å². The van der Waals surface area contributed by atoms with Crippen LogP contribution in [0.1, 0.15) is 230 Å². The Morgan fingerprint density at radius 1 is 0.616 bits per heavy atom. The van der Waals surface area contributed by atoms with Crippen molar-refractivity contribution >= 4 is 35.8 Å². The van der Waals surface area contributed by atoms with Gasteiger partial charge < -0.3 is 29.8 Å². The minimum absolute atomic E-state index is 0. The molecular weight excluding hydrogens is 1090 g/mol. The summed E-state index contributed by atoms with van der Waals surface area (Å²) in [6.45, 7) is 19.9. The average Bonchev–Trinajstić information content (AvgIpc) is 3.61. The zero-order valence-corrected chi connectivity index (χ0v) is 52.5. The highest BCUT2D eigenvalue weighted by atomic mass is 16.6. The number of pyridine rings is 2. The van der Waals surface area contributed by atoms with Crippen LogP contribution in [0.2, 0.25) is 0 Å². The largest absolute Gasteiger partial charge is 0.466 e. The first kappa shape index (κ1) is 73.4. The maximum atomic E-state index is 12.8. The minimum Gasteiger partial charge on any atom is -0.466 e. The van der Waals surface area contributed by atoms with E-state index in [2.05, 4.69) is 54.2 Å². The molecule has 0 aliphatic carbocycles. The molecule has 0 unspecified atom stereocenters. The fourth-order valence-electron chi connectivity index (χ4n) is 9.96. The number of azide groups is 1. The molecule has 2 aliphatic rings. The summed E-state index contributed by atoms with van der Waals surface area (Å²) in [5.41, 5.74) is 19.0. The van der Waals surface area contributed by atoms with Crippen molar-refractivity contribution in [1.82, 2.24) is 29.9 Å². The molecule has 21 heteroatoms. The van der Waals surface area contributed by atoms with E-state index in [1.165, 1.54) is 0 Å². The number of carbonyl (C=O) groups excluding carboxylic acids is 4. The fraction of sp³-hybridized carbons (Fsp3) is 0.662. The van der Waals surface area contributed by atoms with Crippen LogP contribution in [0.15, 0.2) is 54.2 Å². The van der Waals surface area contributed by atoms with Gasteiger partial charge in [-0.15, -0.1) is 0 Å². The zero-order valence-electron chi connectivity index (χ0n) is 52.5. The molecule has 476 valence electrons. The molecule has 21 nitrogen and oxygen atoms in total. The predicted octanol–water partition coefficient (Wildman–Crippen LogP) is 13.3. The predicted molar refractivity (Wildman–Crippen MR) is 337 cm³/mol. The number of rotatable bonds is 29. The summed E-state index contributed by atoms with van der Waals surface area (Å²) in [7, 11) is 0. The maximum Gasteiger partial charge on any atom is 0.416 e. The third-order valence-electron chi connectivity index (χ3n) is 14.0. The van der Waals surface area contributed by atoms with Crippen molar-refractivity contribution in [3.63, 3.8) is 0 Å². The van der Waals surface area contributed by atoms with Gasteiger partial charge in [0.2, 0.25) is 0 Å². The highest BCUT2D eigenvalue weighted by Crippen LogP contribution is 2.31. The van der Waals surface area contributed by atoms with Gasteiger partial charge in [0, 0.05) is 80.2 Å². The molecule has 0 saturated carbocycles. The Balaban J connectivity index is 0.000000426. The van der Waals surface area contributed by atoms with Crippen molar-refractivity contribution in [2.24, 2.45) is 10.8 Å². The lowest BCUT2D eigenvalue weighted by Crippen LogP contribution is -2.40. The van der Waals surface area contributed by atoms with Gasteiger partial charge in [-0.3, -0.25) is 19.4 Å². The van der Waals surface area contributed by atoms with Gasteiger partial charge in [-0.2, -0.15) is 0 Å². The number of nitrogens with zero attached hydrogens (tertiary/aromatic N) is 11. The van der Waals surface area contributed by atoms with Gasteiger partial charge in [-0.25, -0.2) is 39.5 Å². The Labute approximate surface area is 512 Å². The van der Waals surface area contributed by atoms with E-state index >= 15 is 0 Å². The first-order chi connectivity index (χ1) is 40.8. The van der Waals surface area contributed by atoms with Crippen LogP contribution in [0.25, 0.3) is 10.4 Å². The quantitative estimate of drug-likeness (QED) is 0.0128. The maximum absolute atomic E-state index is 12.8. The van der Waals surface area contributed by atoms with Gasteiger partial charge in [0.05, 0.1) is 26.1 Å². The van der Waals surface area contributed by atoms with E-state index in [-0.39, 0.29) is 50.0 Å².